The van der Waals surface area contributed by atoms with Crippen LogP contribution in [0, 0.1) is 0 Å². The van der Waals surface area contributed by atoms with Crippen molar-refractivity contribution >= 4 is 21.5 Å². The average Bonchev–Trinajstić information content (AvgIpc) is 2.59. The molecule has 0 aromatic heterocycles. The van der Waals surface area contributed by atoms with Crippen molar-refractivity contribution in [3.8, 4) is 11.1 Å². The van der Waals surface area contributed by atoms with Gasteiger partial charge in [-0.25, -0.2) is 0 Å². The second-order valence-electron chi connectivity index (χ2n) is 7.04. The highest BCUT2D eigenvalue weighted by Crippen LogP contribution is 2.49. The maximum Gasteiger partial charge on any atom is 0.0159 e. The molecule has 0 unspecified atom stereocenters. The number of rotatable bonds is 0. The topological polar surface area (TPSA) is 0 Å². The van der Waals surface area contributed by atoms with E-state index in [9.17, 15) is 0 Å². The van der Waals surface area contributed by atoms with E-state index in [0.717, 1.165) is 0 Å². The standard InChI is InChI=1S/C23H18/c1-23(2)20-12-6-5-10-17(20)19-14-15-8-3-4-9-16(15)18-11-7-13-21(23)22(18)19/h3-14H,1-2H3. The van der Waals surface area contributed by atoms with Gasteiger partial charge in [-0.05, 0) is 49.9 Å². The summed E-state index contributed by atoms with van der Waals surface area (Å²) in [7, 11) is 0. The molecule has 0 nitrogen and oxygen atoms in total. The van der Waals surface area contributed by atoms with Gasteiger partial charge < -0.3 is 0 Å². The molecule has 0 heterocycles. The van der Waals surface area contributed by atoms with Crippen LogP contribution < -0.4 is 0 Å². The van der Waals surface area contributed by atoms with E-state index in [4.69, 9.17) is 0 Å². The van der Waals surface area contributed by atoms with Gasteiger partial charge >= 0.3 is 0 Å². The van der Waals surface area contributed by atoms with Crippen LogP contribution in [-0.2, 0) is 5.41 Å². The molecule has 5 rings (SSSR count). The predicted molar refractivity (Wildman–Crippen MR) is 99.0 cm³/mol. The molecule has 0 fully saturated rings. The Labute approximate surface area is 136 Å². The minimum Gasteiger partial charge on any atom is -0.0619 e. The van der Waals surface area contributed by atoms with Crippen LogP contribution in [0.2, 0.25) is 0 Å². The van der Waals surface area contributed by atoms with Crippen LogP contribution in [0.25, 0.3) is 32.7 Å². The van der Waals surface area contributed by atoms with Crippen molar-refractivity contribution in [2.24, 2.45) is 0 Å². The third kappa shape index (κ3) is 1.56. The van der Waals surface area contributed by atoms with Gasteiger partial charge in [-0.15, -0.1) is 0 Å². The van der Waals surface area contributed by atoms with Crippen LogP contribution in [0.5, 0.6) is 0 Å². The molecule has 0 saturated heterocycles. The van der Waals surface area contributed by atoms with Crippen LogP contribution >= 0.6 is 0 Å². The van der Waals surface area contributed by atoms with Crippen LogP contribution in [-0.4, -0.2) is 0 Å². The molecular formula is C23H18. The Balaban J connectivity index is 2.10. The second kappa shape index (κ2) is 4.23. The summed E-state index contributed by atoms with van der Waals surface area (Å²) in [6.07, 6.45) is 0. The third-order valence-corrected chi connectivity index (χ3v) is 5.45. The van der Waals surface area contributed by atoms with E-state index >= 15 is 0 Å². The third-order valence-electron chi connectivity index (χ3n) is 5.45. The van der Waals surface area contributed by atoms with Crippen molar-refractivity contribution < 1.29 is 0 Å². The lowest BCUT2D eigenvalue weighted by Gasteiger charge is -2.35. The fraction of sp³-hybridized carbons (Fsp3) is 0.130. The monoisotopic (exact) mass is 294 g/mol. The van der Waals surface area contributed by atoms with Crippen LogP contribution in [0.15, 0.2) is 72.8 Å². The van der Waals surface area contributed by atoms with Gasteiger partial charge in [-0.3, -0.25) is 0 Å². The fourth-order valence-electron chi connectivity index (χ4n) is 4.30. The van der Waals surface area contributed by atoms with Crippen LogP contribution in [0.4, 0.5) is 0 Å². The Morgan fingerprint density at radius 2 is 1.30 bits per heavy atom. The van der Waals surface area contributed by atoms with Crippen molar-refractivity contribution in [1.82, 2.24) is 0 Å². The van der Waals surface area contributed by atoms with Gasteiger partial charge in [0.25, 0.3) is 0 Å². The fourth-order valence-corrected chi connectivity index (χ4v) is 4.30. The molecule has 0 amide bonds. The number of hydrogen-bond donors (Lipinski definition) is 0. The summed E-state index contributed by atoms with van der Waals surface area (Å²) < 4.78 is 0. The second-order valence-corrected chi connectivity index (χ2v) is 7.04. The van der Waals surface area contributed by atoms with Gasteiger partial charge in [-0.1, -0.05) is 80.6 Å². The van der Waals surface area contributed by atoms with Crippen molar-refractivity contribution in [1.29, 1.82) is 0 Å². The quantitative estimate of drug-likeness (QED) is 0.334. The minimum absolute atomic E-state index is 0.0333. The molecule has 0 atom stereocenters. The molecule has 0 heteroatoms. The van der Waals surface area contributed by atoms with Crippen molar-refractivity contribution in [2.75, 3.05) is 0 Å². The van der Waals surface area contributed by atoms with E-state index in [1.807, 2.05) is 0 Å². The lowest BCUT2D eigenvalue weighted by Crippen LogP contribution is -2.23. The zero-order valence-corrected chi connectivity index (χ0v) is 13.4. The number of hydrogen-bond acceptors (Lipinski definition) is 0. The van der Waals surface area contributed by atoms with E-state index in [2.05, 4.69) is 86.6 Å². The molecule has 0 aliphatic heterocycles. The molecule has 0 saturated carbocycles. The van der Waals surface area contributed by atoms with E-state index in [-0.39, 0.29) is 5.41 Å². The molecule has 1 aliphatic carbocycles. The van der Waals surface area contributed by atoms with Gasteiger partial charge in [0.1, 0.15) is 0 Å². The molecule has 4 aromatic carbocycles. The maximum absolute atomic E-state index is 2.37. The van der Waals surface area contributed by atoms with Crippen molar-refractivity contribution in [3.63, 3.8) is 0 Å². The summed E-state index contributed by atoms with van der Waals surface area (Å²) in [5.41, 5.74) is 5.66. The first-order valence-corrected chi connectivity index (χ1v) is 8.23. The Kier molecular flexibility index (Phi) is 2.37. The van der Waals surface area contributed by atoms with Gasteiger partial charge in [-0.2, -0.15) is 0 Å². The molecule has 0 radical (unpaired) electrons. The largest absolute Gasteiger partial charge is 0.0619 e. The van der Waals surface area contributed by atoms with Gasteiger partial charge in [0, 0.05) is 5.41 Å². The average molecular weight is 294 g/mol. The SMILES string of the molecule is CC1(C)c2ccccc2-c2cc3ccccc3c3cccc1c23. The van der Waals surface area contributed by atoms with Crippen LogP contribution in [0.3, 0.4) is 0 Å². The Hall–Kier alpha value is -2.60. The highest BCUT2D eigenvalue weighted by Gasteiger charge is 2.33. The van der Waals surface area contributed by atoms with Crippen molar-refractivity contribution in [2.45, 2.75) is 19.3 Å². The normalized spacial score (nSPS) is 14.9. The molecule has 1 aliphatic rings. The molecule has 0 N–H and O–H groups in total. The summed E-state index contributed by atoms with van der Waals surface area (Å²) in [6, 6.07) is 26.8. The van der Waals surface area contributed by atoms with E-state index in [1.54, 1.807) is 0 Å². The lowest BCUT2D eigenvalue weighted by atomic mass is 9.68. The highest BCUT2D eigenvalue weighted by molar-refractivity contribution is 6.16. The Morgan fingerprint density at radius 1 is 0.609 bits per heavy atom. The Bertz CT molecular complexity index is 1080. The number of benzene rings is 4. The van der Waals surface area contributed by atoms with Gasteiger partial charge in [0.05, 0.1) is 0 Å². The molecular weight excluding hydrogens is 276 g/mol. The lowest BCUT2D eigenvalue weighted by molar-refractivity contribution is 0.645. The molecule has 23 heavy (non-hydrogen) atoms. The molecule has 4 aromatic rings. The summed E-state index contributed by atoms with van der Waals surface area (Å²) in [5, 5.41) is 5.47. The Morgan fingerprint density at radius 3 is 2.22 bits per heavy atom. The zero-order valence-electron chi connectivity index (χ0n) is 13.4. The summed E-state index contributed by atoms with van der Waals surface area (Å²) in [5.74, 6) is 0. The van der Waals surface area contributed by atoms with E-state index < -0.39 is 0 Å². The zero-order chi connectivity index (χ0) is 15.6. The van der Waals surface area contributed by atoms with Crippen LogP contribution in [0.1, 0.15) is 25.0 Å². The molecule has 0 spiro atoms. The van der Waals surface area contributed by atoms with E-state index in [1.165, 1.54) is 43.8 Å². The number of fused-ring (bicyclic) bond motifs is 4. The highest BCUT2D eigenvalue weighted by atomic mass is 14.4. The first-order chi connectivity index (χ1) is 11.2. The summed E-state index contributed by atoms with van der Waals surface area (Å²) >= 11 is 0. The summed E-state index contributed by atoms with van der Waals surface area (Å²) in [4.78, 5) is 0. The summed E-state index contributed by atoms with van der Waals surface area (Å²) in [6.45, 7) is 4.69. The van der Waals surface area contributed by atoms with Crippen molar-refractivity contribution in [3.05, 3.63) is 83.9 Å². The van der Waals surface area contributed by atoms with E-state index in [0.29, 0.717) is 0 Å². The first-order valence-electron chi connectivity index (χ1n) is 8.23. The molecule has 110 valence electrons. The maximum atomic E-state index is 2.37. The van der Waals surface area contributed by atoms with Gasteiger partial charge in [0.15, 0.2) is 0 Å². The first kappa shape index (κ1) is 12.9. The molecule has 0 bridgehead atoms. The van der Waals surface area contributed by atoms with Gasteiger partial charge in [0.2, 0.25) is 0 Å². The predicted octanol–water partition coefficient (Wildman–Crippen LogP) is 6.30. The minimum atomic E-state index is 0.0333. The smallest absolute Gasteiger partial charge is 0.0159 e.